The average molecular weight is 529 g/mol. The van der Waals surface area contributed by atoms with Crippen molar-refractivity contribution in [3.8, 4) is 0 Å². The quantitative estimate of drug-likeness (QED) is 0.271. The Morgan fingerprint density at radius 2 is 1.83 bits per heavy atom. The topological polar surface area (TPSA) is 86.3 Å². The average Bonchev–Trinajstić information content (AvgIpc) is 3.29. The van der Waals surface area contributed by atoms with Crippen molar-refractivity contribution < 1.29 is 14.3 Å². The molecule has 0 atom stereocenters. The molecule has 1 aromatic carbocycles. The van der Waals surface area contributed by atoms with Crippen LogP contribution in [0.15, 0.2) is 29.3 Å². The van der Waals surface area contributed by atoms with Gasteiger partial charge < -0.3 is 25.2 Å². The van der Waals surface area contributed by atoms with E-state index in [1.807, 2.05) is 29.2 Å². The molecule has 2 heterocycles. The van der Waals surface area contributed by atoms with Gasteiger partial charge in [0.25, 0.3) is 0 Å². The fourth-order valence-electron chi connectivity index (χ4n) is 3.89. The van der Waals surface area contributed by atoms with Gasteiger partial charge in [0.15, 0.2) is 5.96 Å². The smallest absolute Gasteiger partial charge is 0.321 e. The van der Waals surface area contributed by atoms with E-state index in [9.17, 15) is 9.59 Å². The molecule has 0 unspecified atom stereocenters. The number of piperidine rings is 1. The molecule has 9 heteroatoms. The first-order valence-corrected chi connectivity index (χ1v) is 10.3. The van der Waals surface area contributed by atoms with Crippen LogP contribution in [0.5, 0.6) is 0 Å². The van der Waals surface area contributed by atoms with Crippen LogP contribution in [0.1, 0.15) is 31.2 Å². The largest absolute Gasteiger partial charge is 0.469 e. The molecule has 0 radical (unpaired) electrons. The van der Waals surface area contributed by atoms with E-state index < -0.39 is 0 Å². The van der Waals surface area contributed by atoms with E-state index in [2.05, 4.69) is 20.5 Å². The molecule has 30 heavy (non-hydrogen) atoms. The number of aliphatic imine (C=N–C) groups is 1. The summed E-state index contributed by atoms with van der Waals surface area (Å²) in [6.45, 7) is 3.81. The van der Waals surface area contributed by atoms with Crippen LogP contribution >= 0.6 is 24.0 Å². The van der Waals surface area contributed by atoms with Crippen LogP contribution in [0.4, 0.5) is 10.5 Å². The van der Waals surface area contributed by atoms with Crippen molar-refractivity contribution in [2.24, 2.45) is 10.9 Å². The van der Waals surface area contributed by atoms with Gasteiger partial charge in [-0.2, -0.15) is 0 Å². The van der Waals surface area contributed by atoms with Gasteiger partial charge in [0, 0.05) is 45.5 Å². The molecule has 166 valence electrons. The lowest BCUT2D eigenvalue weighted by atomic mass is 9.97. The van der Waals surface area contributed by atoms with Gasteiger partial charge >= 0.3 is 12.0 Å². The van der Waals surface area contributed by atoms with Gasteiger partial charge in [-0.1, -0.05) is 12.1 Å². The Bertz CT molecular complexity index is 744. The van der Waals surface area contributed by atoms with Crippen molar-refractivity contribution in [2.45, 2.75) is 32.2 Å². The molecule has 2 amide bonds. The molecule has 2 saturated heterocycles. The van der Waals surface area contributed by atoms with Gasteiger partial charge in [0.2, 0.25) is 0 Å². The number of carbonyl (C=O) groups excluding carboxylic acids is 2. The number of nitrogens with zero attached hydrogens (tertiary/aromatic N) is 3. The summed E-state index contributed by atoms with van der Waals surface area (Å²) < 4.78 is 4.85. The number of amides is 2. The molecule has 2 N–H and O–H groups in total. The molecule has 2 aliphatic rings. The minimum absolute atomic E-state index is 0. The van der Waals surface area contributed by atoms with Crippen molar-refractivity contribution >= 4 is 47.6 Å². The second-order valence-electron chi connectivity index (χ2n) is 7.51. The summed E-state index contributed by atoms with van der Waals surface area (Å²) in [6, 6.07) is 7.83. The Morgan fingerprint density at radius 3 is 2.47 bits per heavy atom. The zero-order valence-electron chi connectivity index (χ0n) is 17.7. The monoisotopic (exact) mass is 529 g/mol. The predicted molar refractivity (Wildman–Crippen MR) is 128 cm³/mol. The molecular formula is C21H32IN5O3. The summed E-state index contributed by atoms with van der Waals surface area (Å²) in [5.41, 5.74) is 1.87. The SMILES string of the molecule is CN=C(NCc1cccc(NC(=O)N2CCCC2)c1)N1CCC(C(=O)OC)CC1.I. The number of hydrogen-bond donors (Lipinski definition) is 2. The van der Waals surface area contributed by atoms with E-state index in [4.69, 9.17) is 4.74 Å². The highest BCUT2D eigenvalue weighted by Crippen LogP contribution is 2.19. The number of methoxy groups -OCH3 is 1. The normalized spacial score (nSPS) is 17.3. The fourth-order valence-corrected chi connectivity index (χ4v) is 3.89. The third kappa shape index (κ3) is 6.48. The summed E-state index contributed by atoms with van der Waals surface area (Å²) in [6.07, 6.45) is 3.69. The lowest BCUT2D eigenvalue weighted by molar-refractivity contribution is -0.146. The zero-order valence-corrected chi connectivity index (χ0v) is 20.1. The first kappa shape index (κ1) is 24.2. The molecule has 1 aromatic rings. The number of halogens is 1. The minimum atomic E-state index is -0.125. The van der Waals surface area contributed by atoms with Gasteiger partial charge in [-0.05, 0) is 43.4 Å². The fraction of sp³-hybridized carbons (Fsp3) is 0.571. The summed E-state index contributed by atoms with van der Waals surface area (Å²) in [5.74, 6) is 0.672. The third-order valence-electron chi connectivity index (χ3n) is 5.56. The lowest BCUT2D eigenvalue weighted by Gasteiger charge is -2.33. The number of esters is 1. The van der Waals surface area contributed by atoms with Gasteiger partial charge in [-0.15, -0.1) is 24.0 Å². The molecular weight excluding hydrogens is 497 g/mol. The van der Waals surface area contributed by atoms with Crippen molar-refractivity contribution in [1.29, 1.82) is 0 Å². The van der Waals surface area contributed by atoms with Crippen molar-refractivity contribution in [2.75, 3.05) is 45.7 Å². The molecule has 2 aliphatic heterocycles. The molecule has 8 nitrogen and oxygen atoms in total. The van der Waals surface area contributed by atoms with E-state index >= 15 is 0 Å². The van der Waals surface area contributed by atoms with Crippen LogP contribution in [0.3, 0.4) is 0 Å². The van der Waals surface area contributed by atoms with Crippen LogP contribution in [0, 0.1) is 5.92 Å². The number of nitrogens with one attached hydrogen (secondary N) is 2. The Hall–Kier alpha value is -2.04. The highest BCUT2D eigenvalue weighted by Gasteiger charge is 2.27. The first-order chi connectivity index (χ1) is 14.1. The Kier molecular flexibility index (Phi) is 9.67. The molecule has 0 aromatic heterocycles. The van der Waals surface area contributed by atoms with Crippen LogP contribution in [-0.2, 0) is 16.1 Å². The molecule has 2 fully saturated rings. The van der Waals surface area contributed by atoms with Gasteiger partial charge in [0.05, 0.1) is 13.0 Å². The first-order valence-electron chi connectivity index (χ1n) is 10.3. The number of guanidine groups is 1. The Labute approximate surface area is 195 Å². The van der Waals surface area contributed by atoms with E-state index in [1.165, 1.54) is 7.11 Å². The Balaban J connectivity index is 0.00000320. The number of hydrogen-bond acceptors (Lipinski definition) is 4. The zero-order chi connectivity index (χ0) is 20.6. The number of carbonyl (C=O) groups is 2. The molecule has 0 saturated carbocycles. The number of anilines is 1. The standard InChI is InChI=1S/C21H31N5O3.HI/c1-22-20(25-12-8-17(9-13-25)19(27)29-2)23-15-16-6-5-7-18(14-16)24-21(28)26-10-3-4-11-26;/h5-7,14,17H,3-4,8-13,15H2,1-2H3,(H,22,23)(H,24,28);1H. The molecule has 0 spiro atoms. The molecule has 0 aliphatic carbocycles. The van der Waals surface area contributed by atoms with Crippen molar-refractivity contribution in [1.82, 2.24) is 15.1 Å². The van der Waals surface area contributed by atoms with Crippen molar-refractivity contribution in [3.63, 3.8) is 0 Å². The van der Waals surface area contributed by atoms with Crippen LogP contribution < -0.4 is 10.6 Å². The second-order valence-corrected chi connectivity index (χ2v) is 7.51. The molecule has 3 rings (SSSR count). The van der Waals surface area contributed by atoms with Gasteiger partial charge in [-0.25, -0.2) is 4.79 Å². The minimum Gasteiger partial charge on any atom is -0.469 e. The summed E-state index contributed by atoms with van der Waals surface area (Å²) in [4.78, 5) is 32.4. The van der Waals surface area contributed by atoms with E-state index in [1.54, 1.807) is 7.05 Å². The number of rotatable bonds is 4. The predicted octanol–water partition coefficient (Wildman–Crippen LogP) is 2.89. The maximum Gasteiger partial charge on any atom is 0.321 e. The van der Waals surface area contributed by atoms with E-state index in [0.717, 1.165) is 69.1 Å². The summed E-state index contributed by atoms with van der Waals surface area (Å²) in [7, 11) is 3.21. The van der Waals surface area contributed by atoms with Crippen molar-refractivity contribution in [3.05, 3.63) is 29.8 Å². The summed E-state index contributed by atoms with van der Waals surface area (Å²) >= 11 is 0. The number of benzene rings is 1. The molecule has 0 bridgehead atoms. The van der Waals surface area contributed by atoms with Crippen LogP contribution in [0.25, 0.3) is 0 Å². The summed E-state index contributed by atoms with van der Waals surface area (Å²) in [5, 5.41) is 6.37. The number of likely N-dealkylation sites (tertiary alicyclic amines) is 2. The number of ether oxygens (including phenoxy) is 1. The lowest BCUT2D eigenvalue weighted by Crippen LogP contribution is -2.46. The highest BCUT2D eigenvalue weighted by atomic mass is 127. The van der Waals surface area contributed by atoms with E-state index in [0.29, 0.717) is 6.54 Å². The maximum atomic E-state index is 12.3. The van der Waals surface area contributed by atoms with Gasteiger partial charge in [0.1, 0.15) is 0 Å². The van der Waals surface area contributed by atoms with E-state index in [-0.39, 0.29) is 41.9 Å². The van der Waals surface area contributed by atoms with Gasteiger partial charge in [-0.3, -0.25) is 9.79 Å². The Morgan fingerprint density at radius 1 is 1.13 bits per heavy atom. The number of urea groups is 1. The second kappa shape index (κ2) is 12.0. The van der Waals surface area contributed by atoms with Crippen LogP contribution in [-0.4, -0.2) is 68.1 Å². The maximum absolute atomic E-state index is 12.3. The third-order valence-corrected chi connectivity index (χ3v) is 5.56. The highest BCUT2D eigenvalue weighted by molar-refractivity contribution is 14.0. The van der Waals surface area contributed by atoms with Crippen LogP contribution in [0.2, 0.25) is 0 Å².